The average Bonchev–Trinajstić information content (AvgIpc) is 3.41. The van der Waals surface area contributed by atoms with E-state index < -0.39 is 11.7 Å². The molecule has 3 aromatic rings. The van der Waals surface area contributed by atoms with Crippen LogP contribution >= 0.6 is 0 Å². The molecule has 1 aliphatic rings. The minimum atomic E-state index is -0.962. The zero-order valence-corrected chi connectivity index (χ0v) is 18.7. The summed E-state index contributed by atoms with van der Waals surface area (Å²) in [6.07, 6.45) is 4.04. The molecule has 0 radical (unpaired) electrons. The summed E-state index contributed by atoms with van der Waals surface area (Å²) in [6, 6.07) is 5.77. The fraction of sp³-hybridized carbons (Fsp3) is 0.391. The van der Waals surface area contributed by atoms with Gasteiger partial charge in [0, 0.05) is 48.6 Å². The van der Waals surface area contributed by atoms with Crippen LogP contribution in [-0.4, -0.2) is 55.7 Å². The van der Waals surface area contributed by atoms with Crippen LogP contribution < -0.4 is 16.2 Å². The third-order valence-corrected chi connectivity index (χ3v) is 6.13. The molecule has 33 heavy (non-hydrogen) atoms. The SMILES string of the molecule is Cc1c[nH]c2ccc(CNC(=O)Cn3c(C)cnc(NC[C@H]4CCCN4C(=O)O)c3=O)cc12. The van der Waals surface area contributed by atoms with Crippen molar-refractivity contribution in [2.75, 3.05) is 18.4 Å². The fourth-order valence-electron chi connectivity index (χ4n) is 4.22. The average molecular weight is 453 g/mol. The van der Waals surface area contributed by atoms with Crippen LogP contribution in [-0.2, 0) is 17.9 Å². The first-order valence-electron chi connectivity index (χ1n) is 11.0. The summed E-state index contributed by atoms with van der Waals surface area (Å²) in [4.78, 5) is 45.5. The molecule has 1 atom stereocenters. The lowest BCUT2D eigenvalue weighted by Gasteiger charge is -2.22. The Hall–Kier alpha value is -3.82. The Morgan fingerprint density at radius 1 is 1.30 bits per heavy atom. The summed E-state index contributed by atoms with van der Waals surface area (Å²) in [5.41, 5.74) is 3.32. The normalized spacial score (nSPS) is 15.7. The van der Waals surface area contributed by atoms with Crippen molar-refractivity contribution in [3.05, 3.63) is 57.8 Å². The highest BCUT2D eigenvalue weighted by atomic mass is 16.4. The van der Waals surface area contributed by atoms with Crippen molar-refractivity contribution in [1.29, 1.82) is 0 Å². The lowest BCUT2D eigenvalue weighted by molar-refractivity contribution is -0.121. The molecule has 1 aliphatic heterocycles. The molecule has 0 aliphatic carbocycles. The van der Waals surface area contributed by atoms with Crippen LogP contribution in [0.15, 0.2) is 35.4 Å². The van der Waals surface area contributed by atoms with Gasteiger partial charge in [-0.2, -0.15) is 0 Å². The number of hydrogen-bond acceptors (Lipinski definition) is 5. The van der Waals surface area contributed by atoms with Crippen molar-refractivity contribution in [1.82, 2.24) is 24.8 Å². The number of benzene rings is 1. The first-order valence-corrected chi connectivity index (χ1v) is 11.0. The van der Waals surface area contributed by atoms with E-state index in [1.54, 1.807) is 6.92 Å². The lowest BCUT2D eigenvalue weighted by Crippen LogP contribution is -2.40. The highest BCUT2D eigenvalue weighted by Gasteiger charge is 2.28. The van der Waals surface area contributed by atoms with E-state index in [2.05, 4.69) is 20.6 Å². The standard InChI is InChI=1S/C23H28N6O4/c1-14-9-24-19-6-5-16(8-18(14)19)11-25-20(30)13-29-15(2)10-26-21(22(29)31)27-12-17-4-3-7-28(17)23(32)33/h5-6,8-10,17,24H,3-4,7,11-13H2,1-2H3,(H,25,30)(H,26,27)(H,32,33)/t17-/m1/s1. The van der Waals surface area contributed by atoms with E-state index in [9.17, 15) is 19.5 Å². The second kappa shape index (κ2) is 9.35. The number of fused-ring (bicyclic) bond motifs is 1. The Bertz CT molecular complexity index is 1250. The Labute approximate surface area is 190 Å². The number of hydrogen-bond donors (Lipinski definition) is 4. The van der Waals surface area contributed by atoms with Gasteiger partial charge in [0.1, 0.15) is 6.54 Å². The molecule has 4 N–H and O–H groups in total. The number of aromatic amines is 1. The Kier molecular flexibility index (Phi) is 6.34. The van der Waals surface area contributed by atoms with Gasteiger partial charge in [0.2, 0.25) is 5.91 Å². The fourth-order valence-corrected chi connectivity index (χ4v) is 4.22. The summed E-state index contributed by atoms with van der Waals surface area (Å²) >= 11 is 0. The first-order chi connectivity index (χ1) is 15.8. The van der Waals surface area contributed by atoms with Crippen LogP contribution in [0.25, 0.3) is 10.9 Å². The molecule has 1 fully saturated rings. The van der Waals surface area contributed by atoms with Crippen LogP contribution in [0.4, 0.5) is 10.6 Å². The van der Waals surface area contributed by atoms with Crippen molar-refractivity contribution < 1.29 is 14.7 Å². The number of nitrogens with one attached hydrogen (secondary N) is 3. The molecule has 10 nitrogen and oxygen atoms in total. The van der Waals surface area contributed by atoms with Gasteiger partial charge >= 0.3 is 6.09 Å². The van der Waals surface area contributed by atoms with E-state index in [0.717, 1.165) is 34.9 Å². The Balaban J connectivity index is 1.39. The molecule has 1 saturated heterocycles. The van der Waals surface area contributed by atoms with Crippen LogP contribution in [0.2, 0.25) is 0 Å². The van der Waals surface area contributed by atoms with Crippen molar-refractivity contribution in [3.8, 4) is 0 Å². The molecule has 3 heterocycles. The molecular weight excluding hydrogens is 424 g/mol. The van der Waals surface area contributed by atoms with E-state index in [1.165, 1.54) is 15.7 Å². The van der Waals surface area contributed by atoms with Gasteiger partial charge in [-0.3, -0.25) is 14.2 Å². The van der Waals surface area contributed by atoms with Crippen LogP contribution in [0.5, 0.6) is 0 Å². The molecule has 2 amide bonds. The maximum atomic E-state index is 12.9. The number of H-pyrrole nitrogens is 1. The minimum absolute atomic E-state index is 0.110. The van der Waals surface area contributed by atoms with Crippen molar-refractivity contribution >= 4 is 28.7 Å². The van der Waals surface area contributed by atoms with E-state index in [1.807, 2.05) is 31.3 Å². The topological polar surface area (TPSA) is 132 Å². The largest absolute Gasteiger partial charge is 0.465 e. The minimum Gasteiger partial charge on any atom is -0.465 e. The van der Waals surface area contributed by atoms with Gasteiger partial charge in [-0.15, -0.1) is 0 Å². The van der Waals surface area contributed by atoms with Crippen molar-refractivity contribution in [3.63, 3.8) is 0 Å². The second-order valence-corrected chi connectivity index (χ2v) is 8.42. The van der Waals surface area contributed by atoms with Crippen molar-refractivity contribution in [2.45, 2.75) is 45.8 Å². The number of carbonyl (C=O) groups excluding carboxylic acids is 1. The molecule has 1 aromatic carbocycles. The molecule has 0 spiro atoms. The predicted molar refractivity (Wildman–Crippen MR) is 124 cm³/mol. The summed E-state index contributed by atoms with van der Waals surface area (Å²) in [7, 11) is 0. The molecule has 174 valence electrons. The Morgan fingerprint density at radius 2 is 2.12 bits per heavy atom. The zero-order chi connectivity index (χ0) is 23.5. The predicted octanol–water partition coefficient (Wildman–Crippen LogP) is 2.21. The van der Waals surface area contributed by atoms with E-state index in [4.69, 9.17) is 0 Å². The molecule has 0 bridgehead atoms. The number of aromatic nitrogens is 3. The maximum absolute atomic E-state index is 12.9. The quantitative estimate of drug-likeness (QED) is 0.435. The van der Waals surface area contributed by atoms with Gasteiger partial charge in [0.05, 0.1) is 6.04 Å². The number of rotatable bonds is 7. The number of amides is 2. The highest BCUT2D eigenvalue weighted by Crippen LogP contribution is 2.19. The maximum Gasteiger partial charge on any atom is 0.407 e. The number of carboxylic acid groups (broad SMARTS) is 1. The van der Waals surface area contributed by atoms with E-state index in [-0.39, 0.29) is 24.3 Å². The van der Waals surface area contributed by atoms with Gasteiger partial charge in [0.15, 0.2) is 5.82 Å². The first kappa shape index (κ1) is 22.4. The molecular formula is C23H28N6O4. The van der Waals surface area contributed by atoms with Gasteiger partial charge in [0.25, 0.3) is 5.56 Å². The van der Waals surface area contributed by atoms with E-state index >= 15 is 0 Å². The number of likely N-dealkylation sites (tertiary alicyclic amines) is 1. The number of nitrogens with zero attached hydrogens (tertiary/aromatic N) is 3. The Morgan fingerprint density at radius 3 is 2.91 bits per heavy atom. The summed E-state index contributed by atoms with van der Waals surface area (Å²) in [5, 5.41) is 16.2. The van der Waals surface area contributed by atoms with Gasteiger partial charge in [-0.25, -0.2) is 9.78 Å². The summed E-state index contributed by atoms with van der Waals surface area (Å²) in [5.74, 6) is -0.171. The second-order valence-electron chi connectivity index (χ2n) is 8.42. The van der Waals surface area contributed by atoms with Gasteiger partial charge in [-0.1, -0.05) is 6.07 Å². The lowest BCUT2D eigenvalue weighted by atomic mass is 10.1. The third kappa shape index (κ3) is 4.84. The van der Waals surface area contributed by atoms with Crippen molar-refractivity contribution in [2.24, 2.45) is 0 Å². The number of aryl methyl sites for hydroxylation is 2. The smallest absolute Gasteiger partial charge is 0.407 e. The third-order valence-electron chi connectivity index (χ3n) is 6.13. The monoisotopic (exact) mass is 452 g/mol. The molecule has 10 heteroatoms. The summed E-state index contributed by atoms with van der Waals surface area (Å²) in [6.45, 7) is 4.76. The number of carbonyl (C=O) groups is 2. The summed E-state index contributed by atoms with van der Waals surface area (Å²) < 4.78 is 1.37. The zero-order valence-electron chi connectivity index (χ0n) is 18.7. The molecule has 2 aromatic heterocycles. The van der Waals surface area contributed by atoms with Crippen LogP contribution in [0.1, 0.15) is 29.7 Å². The molecule has 0 unspecified atom stereocenters. The highest BCUT2D eigenvalue weighted by molar-refractivity contribution is 5.83. The van der Waals surface area contributed by atoms with E-state index in [0.29, 0.717) is 25.3 Å². The van der Waals surface area contributed by atoms with Gasteiger partial charge in [-0.05, 0) is 49.9 Å². The van der Waals surface area contributed by atoms with Gasteiger partial charge < -0.3 is 25.6 Å². The number of anilines is 1. The van der Waals surface area contributed by atoms with Crippen LogP contribution in [0.3, 0.4) is 0 Å². The van der Waals surface area contributed by atoms with Crippen LogP contribution in [0, 0.1) is 13.8 Å². The molecule has 0 saturated carbocycles. The molecule has 4 rings (SSSR count).